The molecule has 0 aliphatic carbocycles. The number of fused-ring (bicyclic) bond motifs is 3. The van der Waals surface area contributed by atoms with Crippen LogP contribution in [0.2, 0.25) is 5.02 Å². The molecule has 2 aliphatic heterocycles. The second-order valence-electron chi connectivity index (χ2n) is 13.3. The van der Waals surface area contributed by atoms with E-state index in [0.717, 1.165) is 44.3 Å². The highest BCUT2D eigenvalue weighted by atomic mass is 35.5. The molecule has 3 aromatic rings. The highest BCUT2D eigenvalue weighted by Gasteiger charge is 2.45. The zero-order valence-corrected chi connectivity index (χ0v) is 28.6. The van der Waals surface area contributed by atoms with E-state index in [1.54, 1.807) is 12.1 Å². The number of rotatable bonds is 11. The quantitative estimate of drug-likeness (QED) is 0.126. The molecule has 9 nitrogen and oxygen atoms in total. The van der Waals surface area contributed by atoms with Crippen molar-refractivity contribution in [1.29, 1.82) is 0 Å². The molecule has 2 fully saturated rings. The van der Waals surface area contributed by atoms with Gasteiger partial charge in [0.05, 0.1) is 23.7 Å². The summed E-state index contributed by atoms with van der Waals surface area (Å²) in [5.41, 5.74) is 0.382. The maximum atomic E-state index is 16.3. The third kappa shape index (κ3) is 8.53. The first kappa shape index (κ1) is 34.4. The van der Waals surface area contributed by atoms with Crippen LogP contribution in [-0.2, 0) is 4.74 Å². The second-order valence-corrected chi connectivity index (χ2v) is 13.7. The summed E-state index contributed by atoms with van der Waals surface area (Å²) < 4.78 is 28.1. The van der Waals surface area contributed by atoms with E-state index in [-0.39, 0.29) is 46.0 Å². The van der Waals surface area contributed by atoms with Crippen molar-refractivity contribution in [2.75, 3.05) is 44.7 Å². The molecular weight excluding hydrogens is 621 g/mol. The first-order valence-electron chi connectivity index (χ1n) is 16.3. The molecule has 0 spiro atoms. The Bertz CT molecular complexity index is 1610. The van der Waals surface area contributed by atoms with Crippen molar-refractivity contribution in [3.8, 4) is 6.01 Å². The number of halogens is 2. The first-order valence-corrected chi connectivity index (χ1v) is 16.7. The number of hydrogen-bond donors (Lipinski definition) is 1. The number of hydrogen-bond acceptors (Lipinski definition) is 8. The van der Waals surface area contributed by atoms with Gasteiger partial charge in [-0.2, -0.15) is 9.97 Å². The summed E-state index contributed by atoms with van der Waals surface area (Å²) in [5, 5.41) is 11.1. The van der Waals surface area contributed by atoms with Crippen LogP contribution in [0, 0.1) is 5.82 Å². The fourth-order valence-electron chi connectivity index (χ4n) is 6.25. The SMILES string of the molecule is CCCN(C)CCCOc1nc(N2CC3CCC(C2)N3C(=O)OC(C)(C)C)c2cc(Cl)c(/C=C/C(O)=C\c3ccccc3)c(F)c2n1. The molecule has 47 heavy (non-hydrogen) atoms. The van der Waals surface area contributed by atoms with E-state index < -0.39 is 11.4 Å². The fraction of sp³-hybridized carbons (Fsp3) is 0.472. The summed E-state index contributed by atoms with van der Waals surface area (Å²) in [6, 6.07) is 10.9. The Morgan fingerprint density at radius 3 is 2.51 bits per heavy atom. The molecule has 11 heteroatoms. The summed E-state index contributed by atoms with van der Waals surface area (Å²) in [6.07, 6.45) is 7.61. The average Bonchev–Trinajstić information content (AvgIpc) is 3.28. The lowest BCUT2D eigenvalue weighted by Crippen LogP contribution is -2.57. The number of allylic oxidation sites excluding steroid dienone is 1. The van der Waals surface area contributed by atoms with Crippen molar-refractivity contribution in [2.45, 2.75) is 71.1 Å². The zero-order chi connectivity index (χ0) is 33.7. The van der Waals surface area contributed by atoms with Crippen molar-refractivity contribution in [2.24, 2.45) is 0 Å². The van der Waals surface area contributed by atoms with Gasteiger partial charge < -0.3 is 24.4 Å². The minimum atomic E-state index is -0.636. The van der Waals surface area contributed by atoms with Crippen LogP contribution < -0.4 is 9.64 Å². The lowest BCUT2D eigenvalue weighted by molar-refractivity contribution is 0.0122. The van der Waals surface area contributed by atoms with Crippen LogP contribution in [0.4, 0.5) is 15.0 Å². The number of aromatic nitrogens is 2. The van der Waals surface area contributed by atoms with Gasteiger partial charge in [0.2, 0.25) is 0 Å². The van der Waals surface area contributed by atoms with E-state index >= 15 is 4.39 Å². The van der Waals surface area contributed by atoms with Crippen molar-refractivity contribution in [3.63, 3.8) is 0 Å². The Balaban J connectivity index is 1.47. The summed E-state index contributed by atoms with van der Waals surface area (Å²) >= 11 is 6.68. The van der Waals surface area contributed by atoms with Gasteiger partial charge in [-0.05, 0) is 89.9 Å². The van der Waals surface area contributed by atoms with E-state index in [4.69, 9.17) is 26.1 Å². The number of carbonyl (C=O) groups excluding carboxylic acids is 1. The third-order valence-electron chi connectivity index (χ3n) is 8.32. The number of piperazine rings is 1. The van der Waals surface area contributed by atoms with Gasteiger partial charge in [-0.25, -0.2) is 9.18 Å². The Morgan fingerprint density at radius 2 is 1.85 bits per heavy atom. The van der Waals surface area contributed by atoms with Crippen molar-refractivity contribution in [1.82, 2.24) is 19.8 Å². The predicted molar refractivity (Wildman–Crippen MR) is 186 cm³/mol. The Labute approximate surface area is 281 Å². The Kier molecular flexibility index (Phi) is 10.9. The summed E-state index contributed by atoms with van der Waals surface area (Å²) in [4.78, 5) is 28.6. The molecular formula is C36H45ClFN5O4. The fourth-order valence-corrected chi connectivity index (χ4v) is 6.51. The van der Waals surface area contributed by atoms with Crippen molar-refractivity contribution in [3.05, 3.63) is 70.2 Å². The number of aliphatic hydroxyl groups excluding tert-OH is 1. The average molecular weight is 666 g/mol. The summed E-state index contributed by atoms with van der Waals surface area (Å²) in [7, 11) is 2.07. The van der Waals surface area contributed by atoms with Gasteiger partial charge in [0.1, 0.15) is 22.7 Å². The van der Waals surface area contributed by atoms with Crippen LogP contribution >= 0.6 is 11.6 Å². The second kappa shape index (κ2) is 14.9. The summed E-state index contributed by atoms with van der Waals surface area (Å²) in [6.45, 7) is 10.9. The molecule has 2 saturated heterocycles. The largest absolute Gasteiger partial charge is 0.508 e. The van der Waals surface area contributed by atoms with Gasteiger partial charge in [-0.1, -0.05) is 48.9 Å². The molecule has 2 aromatic carbocycles. The van der Waals surface area contributed by atoms with E-state index in [9.17, 15) is 9.90 Å². The van der Waals surface area contributed by atoms with Crippen LogP contribution in [-0.4, -0.2) is 88.5 Å². The van der Waals surface area contributed by atoms with E-state index in [1.807, 2.05) is 56.0 Å². The van der Waals surface area contributed by atoms with Crippen LogP contribution in [0.3, 0.4) is 0 Å². The van der Waals surface area contributed by atoms with Gasteiger partial charge in [0.25, 0.3) is 0 Å². The van der Waals surface area contributed by atoms with Crippen LogP contribution in [0.5, 0.6) is 6.01 Å². The number of nitrogens with zero attached hydrogens (tertiary/aromatic N) is 5. The van der Waals surface area contributed by atoms with Crippen LogP contribution in [0.25, 0.3) is 23.1 Å². The molecule has 252 valence electrons. The molecule has 2 aliphatic rings. The van der Waals surface area contributed by atoms with Gasteiger partial charge in [-0.3, -0.25) is 4.90 Å². The smallest absolute Gasteiger partial charge is 0.410 e. The monoisotopic (exact) mass is 665 g/mol. The molecule has 2 atom stereocenters. The molecule has 3 heterocycles. The molecule has 2 bridgehead atoms. The Morgan fingerprint density at radius 1 is 1.15 bits per heavy atom. The van der Waals surface area contributed by atoms with E-state index in [2.05, 4.69) is 28.8 Å². The predicted octanol–water partition coefficient (Wildman–Crippen LogP) is 7.73. The number of benzene rings is 2. The molecule has 0 saturated carbocycles. The molecule has 5 rings (SSSR count). The minimum Gasteiger partial charge on any atom is -0.508 e. The maximum Gasteiger partial charge on any atom is 0.410 e. The maximum absolute atomic E-state index is 16.3. The lowest BCUT2D eigenvalue weighted by atomic mass is 10.1. The van der Waals surface area contributed by atoms with Gasteiger partial charge in [0.15, 0.2) is 5.82 Å². The van der Waals surface area contributed by atoms with Crippen molar-refractivity contribution >= 4 is 46.6 Å². The number of amides is 1. The highest BCUT2D eigenvalue weighted by Crippen LogP contribution is 2.38. The Hall–Kier alpha value is -3.89. The molecule has 1 N–H and O–H groups in total. The number of anilines is 1. The summed E-state index contributed by atoms with van der Waals surface area (Å²) in [5.74, 6) is -0.176. The lowest BCUT2D eigenvalue weighted by Gasteiger charge is -2.42. The molecule has 2 unspecified atom stereocenters. The third-order valence-corrected chi connectivity index (χ3v) is 8.63. The number of carbonyl (C=O) groups is 1. The van der Waals surface area contributed by atoms with Gasteiger partial charge in [0, 0.05) is 30.6 Å². The normalized spacial score (nSPS) is 18.5. The highest BCUT2D eigenvalue weighted by molar-refractivity contribution is 6.33. The van der Waals surface area contributed by atoms with Crippen molar-refractivity contribution < 1.29 is 23.8 Å². The first-order chi connectivity index (χ1) is 22.4. The van der Waals surface area contributed by atoms with Crippen LogP contribution in [0.1, 0.15) is 64.5 Å². The zero-order valence-electron chi connectivity index (χ0n) is 27.9. The molecule has 1 aromatic heterocycles. The van der Waals surface area contributed by atoms with E-state index in [0.29, 0.717) is 30.9 Å². The molecule has 0 radical (unpaired) electrons. The molecule has 1 amide bonds. The van der Waals surface area contributed by atoms with Crippen LogP contribution in [0.15, 0.2) is 48.2 Å². The standard InChI is InChI=1S/C36H45ClFN5O4/c1-6-17-41(5)18-10-19-46-34-39-32-29(21-30(37)28(31(32)38)16-15-27(44)20-24-11-8-7-9-12-24)33(40-34)42-22-25-13-14-26(23-42)43(25)35(45)47-36(2,3)4/h7-9,11-12,15-16,20-21,25-26,44H,6,10,13-14,17-19,22-23H2,1-5H3/b16-15+,27-20+. The topological polar surface area (TPSA) is 91.3 Å². The van der Waals surface area contributed by atoms with Gasteiger partial charge in [-0.15, -0.1) is 0 Å². The minimum absolute atomic E-state index is 0.0504. The van der Waals surface area contributed by atoms with Gasteiger partial charge >= 0.3 is 12.1 Å². The van der Waals surface area contributed by atoms with E-state index in [1.165, 1.54) is 12.2 Å². The number of ether oxygens (including phenoxy) is 2. The number of aliphatic hydroxyl groups is 1.